The molecule has 29 aromatic rings. The number of thiophene rings is 3. The predicted octanol–water partition coefficient (Wildman–Crippen LogP) is 37.6. The minimum Gasteiger partial charge on any atom is -0.252 e. The summed E-state index contributed by atoms with van der Waals surface area (Å²) in [4.78, 5) is 28.3. The van der Waals surface area contributed by atoms with Crippen LogP contribution in [0, 0.1) is 6.92 Å². The van der Waals surface area contributed by atoms with E-state index in [2.05, 4.69) is 455 Å². The molecular formula is C133H82N6S3. The van der Waals surface area contributed by atoms with Crippen molar-refractivity contribution in [2.24, 2.45) is 0 Å². The summed E-state index contributed by atoms with van der Waals surface area (Å²) in [6.07, 6.45) is 10.7. The first-order valence-corrected chi connectivity index (χ1v) is 50.5. The lowest BCUT2D eigenvalue weighted by molar-refractivity contribution is 1.31. The summed E-state index contributed by atoms with van der Waals surface area (Å²) >= 11 is 5.69. The molecule has 0 bridgehead atoms. The molecule has 0 aliphatic rings. The van der Waals surface area contributed by atoms with Crippen molar-refractivity contribution in [3.63, 3.8) is 0 Å². The molecule has 0 spiro atoms. The minimum absolute atomic E-state index is 0.940. The van der Waals surface area contributed by atoms with Gasteiger partial charge in [-0.1, -0.05) is 376 Å². The van der Waals surface area contributed by atoms with E-state index in [4.69, 9.17) is 24.9 Å². The number of benzene rings is 23. The maximum absolute atomic E-state index is 4.76. The number of fused-ring (bicyclic) bond motifs is 27. The van der Waals surface area contributed by atoms with Gasteiger partial charge in [0.05, 0.1) is 33.1 Å². The highest BCUT2D eigenvalue weighted by Crippen LogP contribution is 2.52. The molecule has 6 nitrogen and oxygen atoms in total. The number of rotatable bonds is 11. The standard InChI is InChI=1S/C52H32N2S.C46H28N2S.C35H22N2S/c1-4-12-33(13-5-1)39-29-44(36-16-8-3-9-17-36)51-47(31-39)48-32-40(34-14-6-2-7-15-34)30-45(52(48)55-51)37-22-20-35(21-23-37)38-24-25-43-46(28-38)41-18-10-11-19-42(41)49-50(43)54-27-26-53-49;1-3-9-29(10-4-1)34-20-22-43-41(26-34)42-28-35(30-11-5-2-6-12-30)27-39(46(42)49-43)32-17-15-31(16-18-32)33-19-21-38-40(25-33)36-13-7-8-14-37(36)44-45(38)48-24-23-47-44;1-21-6-4-10-29-30-11-5-9-25(35(30)38-34(21)29)23-14-12-22(13-15-23)24-16-17-28-31(20-24)26-7-2-3-8-27(26)32-33(28)37-19-18-36-32/h1-32H;1-28H;2-20H,1H3. The molecule has 0 fully saturated rings. The van der Waals surface area contributed by atoms with Crippen molar-refractivity contribution in [1.82, 2.24) is 29.9 Å². The molecule has 6 heterocycles. The quantitative estimate of drug-likeness (QED) is 0.120. The highest BCUT2D eigenvalue weighted by Gasteiger charge is 2.24. The number of nitrogens with zero attached hydrogens (tertiary/aromatic N) is 6. The van der Waals surface area contributed by atoms with Crippen LogP contribution in [0.4, 0.5) is 0 Å². The van der Waals surface area contributed by atoms with Crippen LogP contribution in [0.1, 0.15) is 5.56 Å². The monoisotopic (exact) mass is 1860 g/mol. The van der Waals surface area contributed by atoms with E-state index < -0.39 is 0 Å². The van der Waals surface area contributed by atoms with Crippen LogP contribution in [0.3, 0.4) is 0 Å². The molecule has 0 radical (unpaired) electrons. The molecule has 23 aromatic carbocycles. The summed E-state index contributed by atoms with van der Waals surface area (Å²) in [5, 5.41) is 21.9. The minimum atomic E-state index is 0.940. The Morgan fingerprint density at radius 1 is 0.134 bits per heavy atom. The summed E-state index contributed by atoms with van der Waals surface area (Å²) in [6, 6.07) is 161. The first-order valence-electron chi connectivity index (χ1n) is 48.0. The lowest BCUT2D eigenvalue weighted by atomic mass is 9.92. The third kappa shape index (κ3) is 14.7. The fourth-order valence-electron chi connectivity index (χ4n) is 21.5. The van der Waals surface area contributed by atoms with Crippen LogP contribution in [-0.4, -0.2) is 29.9 Å². The zero-order valence-electron chi connectivity index (χ0n) is 77.0. The molecule has 0 amide bonds. The van der Waals surface area contributed by atoms with Crippen molar-refractivity contribution in [2.75, 3.05) is 0 Å². The van der Waals surface area contributed by atoms with Gasteiger partial charge in [-0.3, -0.25) is 29.9 Å². The molecule has 662 valence electrons. The Balaban J connectivity index is 0.000000108. The van der Waals surface area contributed by atoms with Crippen molar-refractivity contribution < 1.29 is 0 Å². The third-order valence-electron chi connectivity index (χ3n) is 28.4. The summed E-state index contributed by atoms with van der Waals surface area (Å²) < 4.78 is 7.97. The van der Waals surface area contributed by atoms with Crippen molar-refractivity contribution in [1.29, 1.82) is 0 Å². The molecule has 0 saturated heterocycles. The van der Waals surface area contributed by atoms with Crippen LogP contribution in [-0.2, 0) is 0 Å². The van der Waals surface area contributed by atoms with Crippen LogP contribution < -0.4 is 0 Å². The summed E-state index contributed by atoms with van der Waals surface area (Å²) in [5.74, 6) is 0. The predicted molar refractivity (Wildman–Crippen MR) is 607 cm³/mol. The largest absolute Gasteiger partial charge is 0.252 e. The topological polar surface area (TPSA) is 77.3 Å². The van der Waals surface area contributed by atoms with Gasteiger partial charge in [0.2, 0.25) is 0 Å². The van der Waals surface area contributed by atoms with Gasteiger partial charge >= 0.3 is 0 Å². The van der Waals surface area contributed by atoms with E-state index in [1.165, 1.54) is 221 Å². The molecule has 6 aromatic heterocycles. The van der Waals surface area contributed by atoms with Gasteiger partial charge in [0, 0.05) is 147 Å². The Morgan fingerprint density at radius 2 is 0.366 bits per heavy atom. The van der Waals surface area contributed by atoms with E-state index >= 15 is 0 Å². The number of aromatic nitrogens is 6. The van der Waals surface area contributed by atoms with Crippen LogP contribution in [0.25, 0.3) is 281 Å². The van der Waals surface area contributed by atoms with Gasteiger partial charge in [0.25, 0.3) is 0 Å². The first-order chi connectivity index (χ1) is 70.3. The second-order valence-corrected chi connectivity index (χ2v) is 39.7. The van der Waals surface area contributed by atoms with Gasteiger partial charge < -0.3 is 0 Å². The highest BCUT2D eigenvalue weighted by molar-refractivity contribution is 7.27. The van der Waals surface area contributed by atoms with Crippen LogP contribution in [0.2, 0.25) is 0 Å². The zero-order valence-corrected chi connectivity index (χ0v) is 79.5. The maximum atomic E-state index is 4.76. The van der Waals surface area contributed by atoms with E-state index in [1.54, 1.807) is 37.2 Å². The first kappa shape index (κ1) is 83.7. The summed E-state index contributed by atoms with van der Waals surface area (Å²) in [5.41, 5.74) is 34.0. The summed E-state index contributed by atoms with van der Waals surface area (Å²) in [7, 11) is 0. The number of aryl methyl sites for hydroxylation is 1. The molecule has 0 N–H and O–H groups in total. The van der Waals surface area contributed by atoms with Crippen LogP contribution in [0.5, 0.6) is 0 Å². The molecule has 142 heavy (non-hydrogen) atoms. The fraction of sp³-hybridized carbons (Fsp3) is 0.00752. The lowest BCUT2D eigenvalue weighted by Crippen LogP contribution is -1.89. The molecular weight excluding hydrogens is 1780 g/mol. The fourth-order valence-corrected chi connectivity index (χ4v) is 25.3. The second kappa shape index (κ2) is 35.1. The Kier molecular flexibility index (Phi) is 20.7. The highest BCUT2D eigenvalue weighted by atomic mass is 32.1. The molecule has 0 aliphatic carbocycles. The average Bonchev–Trinajstić information content (AvgIpc) is 1.14. The van der Waals surface area contributed by atoms with E-state index in [1.807, 2.05) is 34.0 Å². The number of hydrogen-bond donors (Lipinski definition) is 0. The second-order valence-electron chi connectivity index (χ2n) is 36.6. The zero-order chi connectivity index (χ0) is 93.8. The molecule has 29 rings (SSSR count). The molecule has 0 unspecified atom stereocenters. The van der Waals surface area contributed by atoms with Gasteiger partial charge in [-0.2, -0.15) is 0 Å². The van der Waals surface area contributed by atoms with Crippen molar-refractivity contribution in [3.05, 3.63) is 486 Å². The Bertz CT molecular complexity index is 9980. The van der Waals surface area contributed by atoms with Gasteiger partial charge in [0.1, 0.15) is 0 Å². The van der Waals surface area contributed by atoms with E-state index in [9.17, 15) is 0 Å². The molecule has 0 atom stereocenters. The van der Waals surface area contributed by atoms with E-state index in [0.29, 0.717) is 0 Å². The van der Waals surface area contributed by atoms with Gasteiger partial charge in [-0.25, -0.2) is 0 Å². The van der Waals surface area contributed by atoms with Gasteiger partial charge in [0.15, 0.2) is 0 Å². The molecule has 9 heteroatoms. The van der Waals surface area contributed by atoms with Crippen molar-refractivity contribution in [3.8, 4) is 122 Å². The van der Waals surface area contributed by atoms with Crippen molar-refractivity contribution >= 4 is 192 Å². The Morgan fingerprint density at radius 3 is 0.739 bits per heavy atom. The number of hydrogen-bond acceptors (Lipinski definition) is 9. The van der Waals surface area contributed by atoms with Gasteiger partial charge in [-0.05, 0) is 217 Å². The Labute approximate surface area is 830 Å². The van der Waals surface area contributed by atoms with Gasteiger partial charge in [-0.15, -0.1) is 34.0 Å². The van der Waals surface area contributed by atoms with Crippen molar-refractivity contribution in [2.45, 2.75) is 6.92 Å². The Hall–Kier alpha value is -17.7. The normalized spacial score (nSPS) is 11.7. The SMILES string of the molecule is Cc1cccc2c1sc1c(-c3ccc(-c4ccc5c(c4)c4ccccc4c4nccnc54)cc3)cccc12.c1ccc(-c2cc(-c3ccccc3)c3sc4c(-c5ccc(-c6ccc7c(c6)c6ccccc6c6nccnc76)cc5)cc(-c5ccccc5)cc4c3c2)cc1.c1ccc(-c2ccc3sc4c(-c5ccc(-c6ccc7c(c6)c6ccccc6c6nccnc76)cc5)cc(-c5ccccc5)cc4c3c2)cc1. The molecule has 0 saturated carbocycles. The van der Waals surface area contributed by atoms with E-state index in [-0.39, 0.29) is 0 Å². The van der Waals surface area contributed by atoms with Crippen LogP contribution >= 0.6 is 34.0 Å². The molecule has 0 aliphatic heterocycles. The summed E-state index contributed by atoms with van der Waals surface area (Å²) in [6.45, 7) is 2.20. The van der Waals surface area contributed by atoms with Crippen LogP contribution in [0.15, 0.2) is 480 Å². The third-order valence-corrected chi connectivity index (χ3v) is 32.3. The maximum Gasteiger partial charge on any atom is 0.0971 e. The smallest absolute Gasteiger partial charge is 0.0971 e. The van der Waals surface area contributed by atoms with E-state index in [0.717, 1.165) is 65.4 Å². The average molecular weight is 1860 g/mol. The lowest BCUT2D eigenvalue weighted by Gasteiger charge is -2.12.